The molecular formula is C18H19N5O3. The van der Waals surface area contributed by atoms with Crippen LogP contribution >= 0.6 is 0 Å². The number of rotatable bonds is 7. The van der Waals surface area contributed by atoms with Crippen LogP contribution < -0.4 is 14.8 Å². The number of ether oxygens (including phenoxy) is 2. The lowest BCUT2D eigenvalue weighted by molar-refractivity contribution is -0.127. The van der Waals surface area contributed by atoms with Gasteiger partial charge in [0, 0.05) is 12.1 Å². The van der Waals surface area contributed by atoms with Crippen molar-refractivity contribution in [1.29, 1.82) is 0 Å². The molecule has 0 saturated heterocycles. The molecule has 0 bridgehead atoms. The van der Waals surface area contributed by atoms with Crippen LogP contribution in [0.3, 0.4) is 0 Å². The number of hydrogen-bond acceptors (Lipinski definition) is 6. The molecule has 0 aliphatic carbocycles. The molecule has 1 atom stereocenters. The van der Waals surface area contributed by atoms with Gasteiger partial charge >= 0.3 is 0 Å². The van der Waals surface area contributed by atoms with E-state index in [1.54, 1.807) is 26.2 Å². The fraction of sp³-hybridized carbons (Fsp3) is 0.222. The first-order valence-corrected chi connectivity index (χ1v) is 8.07. The Morgan fingerprint density at radius 3 is 2.65 bits per heavy atom. The van der Waals surface area contributed by atoms with Crippen LogP contribution in [-0.2, 0) is 11.3 Å². The molecule has 134 valence electrons. The van der Waals surface area contributed by atoms with Crippen LogP contribution in [0, 0.1) is 0 Å². The first kappa shape index (κ1) is 17.4. The molecule has 0 saturated carbocycles. The monoisotopic (exact) mass is 353 g/mol. The number of hydrogen-bond donors (Lipinski definition) is 1. The second-order valence-electron chi connectivity index (χ2n) is 5.54. The third-order valence-corrected chi connectivity index (χ3v) is 3.78. The lowest BCUT2D eigenvalue weighted by Crippen LogP contribution is -2.35. The summed E-state index contributed by atoms with van der Waals surface area (Å²) in [5.74, 6) is 1.11. The Labute approximate surface area is 150 Å². The molecule has 3 aromatic rings. The van der Waals surface area contributed by atoms with E-state index in [1.165, 1.54) is 11.0 Å². The van der Waals surface area contributed by atoms with Gasteiger partial charge in [-0.1, -0.05) is 18.2 Å². The number of carbonyl (C=O) groups is 1. The van der Waals surface area contributed by atoms with E-state index >= 15 is 0 Å². The Morgan fingerprint density at radius 1 is 1.19 bits per heavy atom. The van der Waals surface area contributed by atoms with Crippen LogP contribution in [0.1, 0.15) is 12.5 Å². The number of amides is 1. The van der Waals surface area contributed by atoms with E-state index in [0.29, 0.717) is 12.3 Å². The summed E-state index contributed by atoms with van der Waals surface area (Å²) >= 11 is 0. The van der Waals surface area contributed by atoms with Crippen molar-refractivity contribution >= 4 is 5.91 Å². The quantitative estimate of drug-likeness (QED) is 0.696. The van der Waals surface area contributed by atoms with Crippen LogP contribution in [0.5, 0.6) is 11.5 Å². The zero-order valence-corrected chi connectivity index (χ0v) is 14.5. The molecule has 1 aromatic heterocycles. The molecule has 0 spiro atoms. The molecule has 1 unspecified atom stereocenters. The summed E-state index contributed by atoms with van der Waals surface area (Å²) in [7, 11) is 1.60. The molecule has 0 aliphatic rings. The van der Waals surface area contributed by atoms with Crippen molar-refractivity contribution in [3.8, 4) is 17.2 Å². The number of nitrogens with one attached hydrogen (secondary N) is 1. The third-order valence-electron chi connectivity index (χ3n) is 3.78. The topological polar surface area (TPSA) is 91.2 Å². The van der Waals surface area contributed by atoms with E-state index in [4.69, 9.17) is 9.47 Å². The van der Waals surface area contributed by atoms with Crippen LogP contribution in [0.15, 0.2) is 54.9 Å². The Hall–Kier alpha value is -3.42. The highest BCUT2D eigenvalue weighted by molar-refractivity contribution is 5.80. The first-order chi connectivity index (χ1) is 12.7. The summed E-state index contributed by atoms with van der Waals surface area (Å²) in [6.07, 6.45) is 0.868. The van der Waals surface area contributed by atoms with E-state index in [1.807, 2.05) is 36.4 Å². The van der Waals surface area contributed by atoms with Crippen LogP contribution in [0.25, 0.3) is 5.69 Å². The number of carbonyl (C=O) groups excluding carboxylic acids is 1. The minimum Gasteiger partial charge on any atom is -0.496 e. The van der Waals surface area contributed by atoms with Gasteiger partial charge in [0.05, 0.1) is 12.8 Å². The molecule has 3 rings (SSSR count). The number of aromatic nitrogens is 4. The number of nitrogens with zero attached hydrogens (tertiary/aromatic N) is 4. The highest BCUT2D eigenvalue weighted by Crippen LogP contribution is 2.18. The van der Waals surface area contributed by atoms with Gasteiger partial charge in [0.25, 0.3) is 5.91 Å². The standard InChI is InChI=1S/C18H19N5O3/c1-13(18(24)19-11-14-5-3-4-6-17(14)25-2)26-16-9-7-15(8-10-16)23-12-20-21-22-23/h3-10,12-13H,11H2,1-2H3,(H,19,24). The normalized spacial score (nSPS) is 11.6. The SMILES string of the molecule is COc1ccccc1CNC(=O)C(C)Oc1ccc(-n2cnnn2)cc1. The zero-order chi connectivity index (χ0) is 18.4. The number of para-hydroxylation sites is 1. The van der Waals surface area contributed by atoms with Crippen molar-refractivity contribution in [1.82, 2.24) is 25.5 Å². The lowest BCUT2D eigenvalue weighted by atomic mass is 10.2. The van der Waals surface area contributed by atoms with Crippen molar-refractivity contribution < 1.29 is 14.3 Å². The molecular weight excluding hydrogens is 334 g/mol. The predicted molar refractivity (Wildman–Crippen MR) is 94.1 cm³/mol. The molecule has 1 heterocycles. The Bertz CT molecular complexity index is 850. The van der Waals surface area contributed by atoms with E-state index in [9.17, 15) is 4.79 Å². The van der Waals surface area contributed by atoms with Crippen LogP contribution in [0.4, 0.5) is 0 Å². The van der Waals surface area contributed by atoms with Gasteiger partial charge in [0.1, 0.15) is 17.8 Å². The van der Waals surface area contributed by atoms with E-state index in [-0.39, 0.29) is 5.91 Å². The van der Waals surface area contributed by atoms with Crippen LogP contribution in [-0.4, -0.2) is 39.3 Å². The van der Waals surface area contributed by atoms with Gasteiger partial charge < -0.3 is 14.8 Å². The molecule has 0 fully saturated rings. The Balaban J connectivity index is 1.55. The maximum absolute atomic E-state index is 12.3. The highest BCUT2D eigenvalue weighted by Gasteiger charge is 2.15. The zero-order valence-electron chi connectivity index (χ0n) is 14.5. The van der Waals surface area contributed by atoms with Gasteiger partial charge in [-0.2, -0.15) is 0 Å². The van der Waals surface area contributed by atoms with Crippen molar-refractivity contribution in [2.75, 3.05) is 7.11 Å². The largest absolute Gasteiger partial charge is 0.496 e. The maximum atomic E-state index is 12.3. The van der Waals surface area contributed by atoms with Crippen molar-refractivity contribution in [2.24, 2.45) is 0 Å². The fourth-order valence-electron chi connectivity index (χ4n) is 2.39. The molecule has 1 N–H and O–H groups in total. The van der Waals surface area contributed by atoms with Crippen LogP contribution in [0.2, 0.25) is 0 Å². The third kappa shape index (κ3) is 4.15. The Kier molecular flexibility index (Phi) is 5.43. The van der Waals surface area contributed by atoms with Crippen molar-refractivity contribution in [3.05, 3.63) is 60.4 Å². The van der Waals surface area contributed by atoms with E-state index in [0.717, 1.165) is 17.0 Å². The minimum absolute atomic E-state index is 0.208. The Morgan fingerprint density at radius 2 is 1.96 bits per heavy atom. The number of benzene rings is 2. The molecule has 26 heavy (non-hydrogen) atoms. The summed E-state index contributed by atoms with van der Waals surface area (Å²) in [6.45, 7) is 2.07. The molecule has 8 heteroatoms. The van der Waals surface area contributed by atoms with Crippen molar-refractivity contribution in [2.45, 2.75) is 19.6 Å². The van der Waals surface area contributed by atoms with Gasteiger partial charge in [-0.25, -0.2) is 4.68 Å². The summed E-state index contributed by atoms with van der Waals surface area (Å²) in [5.41, 5.74) is 1.71. The molecule has 0 aliphatic heterocycles. The molecule has 2 aromatic carbocycles. The van der Waals surface area contributed by atoms with Gasteiger partial charge in [-0.05, 0) is 47.7 Å². The average molecular weight is 353 g/mol. The summed E-state index contributed by atoms with van der Waals surface area (Å²) in [5, 5.41) is 13.8. The van der Waals surface area contributed by atoms with E-state index in [2.05, 4.69) is 20.8 Å². The van der Waals surface area contributed by atoms with Gasteiger partial charge in [-0.3, -0.25) is 4.79 Å². The lowest BCUT2D eigenvalue weighted by Gasteiger charge is -2.16. The fourth-order valence-corrected chi connectivity index (χ4v) is 2.39. The highest BCUT2D eigenvalue weighted by atomic mass is 16.5. The van der Waals surface area contributed by atoms with Gasteiger partial charge in [0.15, 0.2) is 6.10 Å². The van der Waals surface area contributed by atoms with Gasteiger partial charge in [-0.15, -0.1) is 5.10 Å². The minimum atomic E-state index is -0.636. The second-order valence-corrected chi connectivity index (χ2v) is 5.54. The number of tetrazole rings is 1. The smallest absolute Gasteiger partial charge is 0.261 e. The molecule has 8 nitrogen and oxygen atoms in total. The summed E-state index contributed by atoms with van der Waals surface area (Å²) < 4.78 is 12.5. The predicted octanol–water partition coefficient (Wildman–Crippen LogP) is 1.75. The maximum Gasteiger partial charge on any atom is 0.261 e. The molecule has 1 amide bonds. The van der Waals surface area contributed by atoms with Gasteiger partial charge in [0.2, 0.25) is 0 Å². The van der Waals surface area contributed by atoms with Crippen molar-refractivity contribution in [3.63, 3.8) is 0 Å². The first-order valence-electron chi connectivity index (χ1n) is 8.07. The summed E-state index contributed by atoms with van der Waals surface area (Å²) in [6, 6.07) is 14.7. The summed E-state index contributed by atoms with van der Waals surface area (Å²) in [4.78, 5) is 12.3. The second kappa shape index (κ2) is 8.11. The average Bonchev–Trinajstić information content (AvgIpc) is 3.21. The van der Waals surface area contributed by atoms with E-state index < -0.39 is 6.10 Å². The molecule has 0 radical (unpaired) electrons. The number of methoxy groups -OCH3 is 1.